The van der Waals surface area contributed by atoms with Crippen LogP contribution in [-0.4, -0.2) is 47.9 Å². The molecule has 1 N–H and O–H groups in total. The number of piperazine rings is 1. The summed E-state index contributed by atoms with van der Waals surface area (Å²) in [5.41, 5.74) is 2.67. The van der Waals surface area contributed by atoms with Crippen molar-refractivity contribution in [1.82, 2.24) is 9.88 Å². The Kier molecular flexibility index (Phi) is 5.19. The molecule has 0 atom stereocenters. The van der Waals surface area contributed by atoms with E-state index in [0.29, 0.717) is 31.9 Å². The summed E-state index contributed by atoms with van der Waals surface area (Å²) in [7, 11) is 0. The van der Waals surface area contributed by atoms with Crippen LogP contribution in [0, 0.1) is 6.92 Å². The predicted octanol–water partition coefficient (Wildman–Crippen LogP) is 2.33. The molecule has 1 aromatic heterocycles. The Morgan fingerprint density at radius 3 is 2.56 bits per heavy atom. The number of anilines is 2. The first-order valence-electron chi connectivity index (χ1n) is 8.07. The molecule has 0 unspecified atom stereocenters. The number of carbonyl (C=O) groups is 2. The van der Waals surface area contributed by atoms with E-state index in [1.54, 1.807) is 17.0 Å². The summed E-state index contributed by atoms with van der Waals surface area (Å²) in [6.45, 7) is 4.44. The number of benzene rings is 1. The Hall–Kier alpha value is -2.60. The average Bonchev–Trinajstić information content (AvgIpc) is 2.63. The number of nitrogens with zero attached hydrogens (tertiary/aromatic N) is 3. The summed E-state index contributed by atoms with van der Waals surface area (Å²) in [4.78, 5) is 32.2. The van der Waals surface area contributed by atoms with E-state index in [9.17, 15) is 9.59 Å². The van der Waals surface area contributed by atoms with Crippen molar-refractivity contribution in [2.75, 3.05) is 36.4 Å². The van der Waals surface area contributed by atoms with Gasteiger partial charge in [0, 0.05) is 38.1 Å². The van der Waals surface area contributed by atoms with Gasteiger partial charge in [-0.1, -0.05) is 23.7 Å². The second-order valence-electron chi connectivity index (χ2n) is 5.91. The topological polar surface area (TPSA) is 65.5 Å². The molecule has 25 heavy (non-hydrogen) atoms. The number of pyridine rings is 1. The SMILES string of the molecule is Cc1cccc(N2CCN(C(=O)C(=O)Nc3cccnc3Cl)CC2)c1. The average molecular weight is 359 g/mol. The van der Waals surface area contributed by atoms with Crippen LogP contribution < -0.4 is 10.2 Å². The Morgan fingerprint density at radius 1 is 1.12 bits per heavy atom. The summed E-state index contributed by atoms with van der Waals surface area (Å²) in [5.74, 6) is -1.25. The number of hydrogen-bond acceptors (Lipinski definition) is 4. The fourth-order valence-corrected chi connectivity index (χ4v) is 2.96. The molecule has 0 radical (unpaired) electrons. The van der Waals surface area contributed by atoms with Crippen molar-refractivity contribution < 1.29 is 9.59 Å². The number of halogens is 1. The van der Waals surface area contributed by atoms with Crippen molar-refractivity contribution in [2.45, 2.75) is 6.92 Å². The smallest absolute Gasteiger partial charge is 0.313 e. The summed E-state index contributed by atoms with van der Waals surface area (Å²) in [5, 5.41) is 2.68. The lowest BCUT2D eigenvalue weighted by Gasteiger charge is -2.35. The lowest BCUT2D eigenvalue weighted by atomic mass is 10.2. The molecule has 0 saturated carbocycles. The highest BCUT2D eigenvalue weighted by molar-refractivity contribution is 6.41. The third-order valence-electron chi connectivity index (χ3n) is 4.14. The van der Waals surface area contributed by atoms with Crippen molar-refractivity contribution in [2.24, 2.45) is 0 Å². The molecule has 2 heterocycles. The molecule has 1 saturated heterocycles. The molecule has 1 aliphatic rings. The monoisotopic (exact) mass is 358 g/mol. The maximum absolute atomic E-state index is 12.3. The lowest BCUT2D eigenvalue weighted by Crippen LogP contribution is -2.51. The fourth-order valence-electron chi connectivity index (χ4n) is 2.79. The molecule has 1 aromatic carbocycles. The van der Waals surface area contributed by atoms with Gasteiger partial charge < -0.3 is 15.1 Å². The number of rotatable bonds is 2. The summed E-state index contributed by atoms with van der Waals surface area (Å²) < 4.78 is 0. The molecule has 0 bridgehead atoms. The van der Waals surface area contributed by atoms with E-state index in [-0.39, 0.29) is 5.15 Å². The van der Waals surface area contributed by atoms with E-state index in [1.807, 2.05) is 6.07 Å². The van der Waals surface area contributed by atoms with Crippen LogP contribution in [0.25, 0.3) is 0 Å². The minimum Gasteiger partial charge on any atom is -0.368 e. The van der Waals surface area contributed by atoms with E-state index in [2.05, 4.69) is 40.3 Å². The van der Waals surface area contributed by atoms with Gasteiger partial charge in [0.1, 0.15) is 0 Å². The van der Waals surface area contributed by atoms with Gasteiger partial charge in [0.05, 0.1) is 5.69 Å². The minimum absolute atomic E-state index is 0.160. The molecule has 1 fully saturated rings. The third-order valence-corrected chi connectivity index (χ3v) is 4.44. The zero-order valence-electron chi connectivity index (χ0n) is 13.9. The van der Waals surface area contributed by atoms with E-state index in [1.165, 1.54) is 11.8 Å². The number of aryl methyl sites for hydroxylation is 1. The summed E-state index contributed by atoms with van der Waals surface area (Å²) in [6, 6.07) is 11.5. The van der Waals surface area contributed by atoms with Crippen LogP contribution in [0.3, 0.4) is 0 Å². The third kappa shape index (κ3) is 4.09. The Labute approximate surface area is 151 Å². The number of hydrogen-bond donors (Lipinski definition) is 1. The van der Waals surface area contributed by atoms with Gasteiger partial charge in [0.15, 0.2) is 5.15 Å². The van der Waals surface area contributed by atoms with Gasteiger partial charge in [-0.25, -0.2) is 4.98 Å². The summed E-state index contributed by atoms with van der Waals surface area (Å²) in [6.07, 6.45) is 1.52. The quantitative estimate of drug-likeness (QED) is 0.661. The number of carbonyl (C=O) groups excluding carboxylic acids is 2. The Morgan fingerprint density at radius 2 is 1.88 bits per heavy atom. The van der Waals surface area contributed by atoms with Crippen LogP contribution in [0.2, 0.25) is 5.15 Å². The Bertz CT molecular complexity index is 788. The lowest BCUT2D eigenvalue weighted by molar-refractivity contribution is -0.143. The normalized spacial score (nSPS) is 14.3. The molecule has 6 nitrogen and oxygen atoms in total. The molecular formula is C18H19ClN4O2. The zero-order valence-corrected chi connectivity index (χ0v) is 14.7. The highest BCUT2D eigenvalue weighted by Crippen LogP contribution is 2.19. The number of amides is 2. The maximum Gasteiger partial charge on any atom is 0.313 e. The second-order valence-corrected chi connectivity index (χ2v) is 6.27. The first kappa shape index (κ1) is 17.2. The van der Waals surface area contributed by atoms with Crippen molar-refractivity contribution in [3.8, 4) is 0 Å². The van der Waals surface area contributed by atoms with Crippen LogP contribution in [0.5, 0.6) is 0 Å². The first-order valence-corrected chi connectivity index (χ1v) is 8.45. The molecule has 3 rings (SSSR count). The van der Waals surface area contributed by atoms with Crippen LogP contribution in [0.4, 0.5) is 11.4 Å². The molecule has 0 spiro atoms. The standard InChI is InChI=1S/C18H19ClN4O2/c1-13-4-2-5-14(12-13)22-8-10-23(11-9-22)18(25)17(24)21-15-6-3-7-20-16(15)19/h2-7,12H,8-11H2,1H3,(H,21,24). The van der Waals surface area contributed by atoms with Crippen LogP contribution in [0.1, 0.15) is 5.56 Å². The molecule has 1 aliphatic heterocycles. The van der Waals surface area contributed by atoms with Gasteiger partial charge in [0.25, 0.3) is 0 Å². The molecular weight excluding hydrogens is 340 g/mol. The predicted molar refractivity (Wildman–Crippen MR) is 97.8 cm³/mol. The highest BCUT2D eigenvalue weighted by atomic mass is 35.5. The fraction of sp³-hybridized carbons (Fsp3) is 0.278. The van der Waals surface area contributed by atoms with Gasteiger partial charge in [-0.15, -0.1) is 0 Å². The molecule has 2 amide bonds. The summed E-state index contributed by atoms with van der Waals surface area (Å²) >= 11 is 5.90. The highest BCUT2D eigenvalue weighted by Gasteiger charge is 2.26. The Balaban J connectivity index is 1.58. The van der Waals surface area contributed by atoms with E-state index < -0.39 is 11.8 Å². The number of aromatic nitrogens is 1. The van der Waals surface area contributed by atoms with Gasteiger partial charge in [-0.2, -0.15) is 0 Å². The van der Waals surface area contributed by atoms with Gasteiger partial charge >= 0.3 is 11.8 Å². The van der Waals surface area contributed by atoms with Gasteiger partial charge in [-0.3, -0.25) is 9.59 Å². The van der Waals surface area contributed by atoms with E-state index >= 15 is 0 Å². The zero-order chi connectivity index (χ0) is 17.8. The van der Waals surface area contributed by atoms with Gasteiger partial charge in [0.2, 0.25) is 0 Å². The van der Waals surface area contributed by atoms with Crippen molar-refractivity contribution >= 4 is 34.8 Å². The van der Waals surface area contributed by atoms with Crippen LogP contribution in [-0.2, 0) is 9.59 Å². The largest absolute Gasteiger partial charge is 0.368 e. The maximum atomic E-state index is 12.3. The molecule has 0 aliphatic carbocycles. The minimum atomic E-state index is -0.695. The molecule has 130 valence electrons. The van der Waals surface area contributed by atoms with E-state index in [4.69, 9.17) is 11.6 Å². The van der Waals surface area contributed by atoms with Crippen LogP contribution in [0.15, 0.2) is 42.6 Å². The molecule has 2 aromatic rings. The number of nitrogens with one attached hydrogen (secondary N) is 1. The molecule has 7 heteroatoms. The van der Waals surface area contributed by atoms with E-state index in [0.717, 1.165) is 5.69 Å². The van der Waals surface area contributed by atoms with Crippen molar-refractivity contribution in [1.29, 1.82) is 0 Å². The van der Waals surface area contributed by atoms with Crippen LogP contribution >= 0.6 is 11.6 Å². The van der Waals surface area contributed by atoms with Crippen molar-refractivity contribution in [3.63, 3.8) is 0 Å². The first-order chi connectivity index (χ1) is 12.0. The van der Waals surface area contributed by atoms with Crippen molar-refractivity contribution in [3.05, 3.63) is 53.3 Å². The van der Waals surface area contributed by atoms with Gasteiger partial charge in [-0.05, 0) is 36.8 Å². The second kappa shape index (κ2) is 7.53.